The first kappa shape index (κ1) is 16.4. The Balaban J connectivity index is 1.61. The minimum absolute atomic E-state index is 0.103. The van der Waals surface area contributed by atoms with E-state index in [1.807, 2.05) is 0 Å². The third-order valence-electron chi connectivity index (χ3n) is 3.54. The second kappa shape index (κ2) is 8.48. The molecule has 0 spiro atoms. The van der Waals surface area contributed by atoms with Gasteiger partial charge in [0.2, 0.25) is 5.91 Å². The zero-order valence-electron chi connectivity index (χ0n) is 12.4. The highest BCUT2D eigenvalue weighted by Crippen LogP contribution is 2.11. The molecule has 2 rings (SSSR count). The van der Waals surface area contributed by atoms with E-state index in [0.29, 0.717) is 12.1 Å². The second-order valence-corrected chi connectivity index (χ2v) is 5.31. The van der Waals surface area contributed by atoms with Crippen molar-refractivity contribution in [1.29, 1.82) is 0 Å². The summed E-state index contributed by atoms with van der Waals surface area (Å²) in [5.41, 5.74) is 0.373. The molecule has 0 aliphatic carbocycles. The van der Waals surface area contributed by atoms with Gasteiger partial charge in [-0.3, -0.25) is 9.59 Å². The monoisotopic (exact) mass is 308 g/mol. The summed E-state index contributed by atoms with van der Waals surface area (Å²) in [5.74, 6) is -0.821. The second-order valence-electron chi connectivity index (χ2n) is 5.31. The SMILES string of the molecule is O=C(CCNC(=O)c1ccc(F)cc1)NC[C@H]1CCCCO1. The van der Waals surface area contributed by atoms with Crippen LogP contribution < -0.4 is 10.6 Å². The molecule has 120 valence electrons. The van der Waals surface area contributed by atoms with Crippen LogP contribution in [0.2, 0.25) is 0 Å². The number of carbonyl (C=O) groups is 2. The fraction of sp³-hybridized carbons (Fsp3) is 0.500. The van der Waals surface area contributed by atoms with Crippen molar-refractivity contribution in [3.8, 4) is 0 Å². The van der Waals surface area contributed by atoms with Gasteiger partial charge in [0.25, 0.3) is 5.91 Å². The predicted molar refractivity (Wildman–Crippen MR) is 80.0 cm³/mol. The molecule has 5 nitrogen and oxygen atoms in total. The maximum Gasteiger partial charge on any atom is 0.251 e. The van der Waals surface area contributed by atoms with Gasteiger partial charge in [-0.15, -0.1) is 0 Å². The Morgan fingerprint density at radius 3 is 2.64 bits per heavy atom. The molecule has 1 atom stereocenters. The minimum atomic E-state index is -0.388. The molecule has 1 aromatic carbocycles. The van der Waals surface area contributed by atoms with Gasteiger partial charge in [0, 0.05) is 31.7 Å². The van der Waals surface area contributed by atoms with Crippen LogP contribution >= 0.6 is 0 Å². The van der Waals surface area contributed by atoms with Crippen LogP contribution in [0.5, 0.6) is 0 Å². The first-order valence-electron chi connectivity index (χ1n) is 7.57. The van der Waals surface area contributed by atoms with Gasteiger partial charge in [0.05, 0.1) is 6.10 Å². The van der Waals surface area contributed by atoms with Crippen LogP contribution in [0.1, 0.15) is 36.0 Å². The van der Waals surface area contributed by atoms with Crippen LogP contribution in [0.4, 0.5) is 4.39 Å². The average Bonchev–Trinajstić information content (AvgIpc) is 2.54. The molecular formula is C16H21FN2O3. The Labute approximate surface area is 129 Å². The Morgan fingerprint density at radius 2 is 1.95 bits per heavy atom. The number of halogens is 1. The summed E-state index contributed by atoms with van der Waals surface area (Å²) in [5, 5.41) is 5.44. The number of carbonyl (C=O) groups excluding carboxylic acids is 2. The summed E-state index contributed by atoms with van der Waals surface area (Å²) in [7, 11) is 0. The lowest BCUT2D eigenvalue weighted by Gasteiger charge is -2.22. The molecule has 2 N–H and O–H groups in total. The summed E-state index contributed by atoms with van der Waals surface area (Å²) in [4.78, 5) is 23.4. The van der Waals surface area contributed by atoms with Gasteiger partial charge in [-0.2, -0.15) is 0 Å². The molecular weight excluding hydrogens is 287 g/mol. The van der Waals surface area contributed by atoms with Crippen LogP contribution in [0.25, 0.3) is 0 Å². The van der Waals surface area contributed by atoms with E-state index in [2.05, 4.69) is 10.6 Å². The molecule has 1 fully saturated rings. The molecule has 22 heavy (non-hydrogen) atoms. The van der Waals surface area contributed by atoms with Gasteiger partial charge in [-0.1, -0.05) is 0 Å². The Kier molecular flexibility index (Phi) is 6.33. The topological polar surface area (TPSA) is 67.4 Å². The lowest BCUT2D eigenvalue weighted by Crippen LogP contribution is -2.37. The largest absolute Gasteiger partial charge is 0.376 e. The Hall–Kier alpha value is -1.95. The van der Waals surface area contributed by atoms with E-state index in [-0.39, 0.29) is 36.7 Å². The summed E-state index contributed by atoms with van der Waals surface area (Å²) in [6.45, 7) is 1.52. The number of hydrogen-bond donors (Lipinski definition) is 2. The van der Waals surface area contributed by atoms with E-state index in [0.717, 1.165) is 25.9 Å². The highest BCUT2D eigenvalue weighted by atomic mass is 19.1. The highest BCUT2D eigenvalue weighted by Gasteiger charge is 2.14. The summed E-state index contributed by atoms with van der Waals surface area (Å²) in [6, 6.07) is 5.27. The zero-order valence-corrected chi connectivity index (χ0v) is 12.4. The maximum absolute atomic E-state index is 12.8. The number of amides is 2. The van der Waals surface area contributed by atoms with E-state index < -0.39 is 0 Å². The van der Waals surface area contributed by atoms with Crippen LogP contribution in [-0.4, -0.2) is 37.6 Å². The van der Waals surface area contributed by atoms with E-state index in [9.17, 15) is 14.0 Å². The van der Waals surface area contributed by atoms with E-state index in [1.54, 1.807) is 0 Å². The number of rotatable bonds is 6. The fourth-order valence-electron chi connectivity index (χ4n) is 2.28. The number of hydrogen-bond acceptors (Lipinski definition) is 3. The maximum atomic E-state index is 12.8. The summed E-state index contributed by atoms with van der Waals surface area (Å²) >= 11 is 0. The van der Waals surface area contributed by atoms with E-state index in [4.69, 9.17) is 4.74 Å². The van der Waals surface area contributed by atoms with Crippen molar-refractivity contribution in [3.63, 3.8) is 0 Å². The number of nitrogens with one attached hydrogen (secondary N) is 2. The van der Waals surface area contributed by atoms with Crippen molar-refractivity contribution in [2.75, 3.05) is 19.7 Å². The number of ether oxygens (including phenoxy) is 1. The molecule has 1 aliphatic rings. The van der Waals surface area contributed by atoms with Gasteiger partial charge in [-0.05, 0) is 43.5 Å². The van der Waals surface area contributed by atoms with Crippen molar-refractivity contribution >= 4 is 11.8 Å². The molecule has 0 saturated carbocycles. The highest BCUT2D eigenvalue weighted by molar-refractivity contribution is 5.94. The van der Waals surface area contributed by atoms with Crippen LogP contribution in [0, 0.1) is 5.82 Å². The van der Waals surface area contributed by atoms with Crippen molar-refractivity contribution < 1.29 is 18.7 Å². The normalized spacial score (nSPS) is 17.8. The van der Waals surface area contributed by atoms with Crippen molar-refractivity contribution in [2.24, 2.45) is 0 Å². The number of benzene rings is 1. The van der Waals surface area contributed by atoms with Gasteiger partial charge in [0.15, 0.2) is 0 Å². The fourth-order valence-corrected chi connectivity index (χ4v) is 2.28. The molecule has 0 radical (unpaired) electrons. The molecule has 0 aromatic heterocycles. The van der Waals surface area contributed by atoms with Crippen LogP contribution in [0.3, 0.4) is 0 Å². The first-order chi connectivity index (χ1) is 10.6. The molecule has 1 saturated heterocycles. The standard InChI is InChI=1S/C16H21FN2O3/c17-13-6-4-12(5-7-13)16(21)18-9-8-15(20)19-11-14-3-1-2-10-22-14/h4-7,14H,1-3,8-11H2,(H,18,21)(H,19,20)/t14-/m1/s1. The van der Waals surface area contributed by atoms with Gasteiger partial charge >= 0.3 is 0 Å². The van der Waals surface area contributed by atoms with E-state index >= 15 is 0 Å². The predicted octanol–water partition coefficient (Wildman–Crippen LogP) is 1.63. The Bertz CT molecular complexity index is 499. The van der Waals surface area contributed by atoms with E-state index in [1.165, 1.54) is 24.3 Å². The summed E-state index contributed by atoms with van der Waals surface area (Å²) in [6.07, 6.45) is 3.50. The zero-order chi connectivity index (χ0) is 15.8. The summed E-state index contributed by atoms with van der Waals surface area (Å²) < 4.78 is 18.3. The molecule has 1 aliphatic heterocycles. The molecule has 2 amide bonds. The molecule has 6 heteroatoms. The smallest absolute Gasteiger partial charge is 0.251 e. The van der Waals surface area contributed by atoms with Crippen molar-refractivity contribution in [3.05, 3.63) is 35.6 Å². The Morgan fingerprint density at radius 1 is 1.18 bits per heavy atom. The first-order valence-corrected chi connectivity index (χ1v) is 7.57. The van der Waals surface area contributed by atoms with Crippen molar-refractivity contribution in [2.45, 2.75) is 31.8 Å². The van der Waals surface area contributed by atoms with Gasteiger partial charge in [0.1, 0.15) is 5.82 Å². The van der Waals surface area contributed by atoms with Crippen LogP contribution in [0.15, 0.2) is 24.3 Å². The third kappa shape index (κ3) is 5.44. The lowest BCUT2D eigenvalue weighted by molar-refractivity contribution is -0.121. The van der Waals surface area contributed by atoms with Crippen molar-refractivity contribution in [1.82, 2.24) is 10.6 Å². The molecule has 0 unspecified atom stereocenters. The molecule has 1 aromatic rings. The third-order valence-corrected chi connectivity index (χ3v) is 3.54. The average molecular weight is 308 g/mol. The van der Waals surface area contributed by atoms with Gasteiger partial charge in [-0.25, -0.2) is 4.39 Å². The molecule has 1 heterocycles. The minimum Gasteiger partial charge on any atom is -0.376 e. The van der Waals surface area contributed by atoms with Gasteiger partial charge < -0.3 is 15.4 Å². The van der Waals surface area contributed by atoms with Crippen LogP contribution in [-0.2, 0) is 9.53 Å². The molecule has 0 bridgehead atoms. The lowest BCUT2D eigenvalue weighted by atomic mass is 10.1. The quantitative estimate of drug-likeness (QED) is 0.839.